The highest BCUT2D eigenvalue weighted by molar-refractivity contribution is 6.06. The lowest BCUT2D eigenvalue weighted by Crippen LogP contribution is -2.48. The second-order valence-corrected chi connectivity index (χ2v) is 10.3. The summed E-state index contributed by atoms with van der Waals surface area (Å²) in [6, 6.07) is 23.1. The highest BCUT2D eigenvalue weighted by Gasteiger charge is 2.47. The third-order valence-electron chi connectivity index (χ3n) is 7.87. The van der Waals surface area contributed by atoms with Gasteiger partial charge in [0.1, 0.15) is 11.5 Å². The Morgan fingerprint density at radius 3 is 2.44 bits per heavy atom. The number of hydrogen-bond acceptors (Lipinski definition) is 4. The van der Waals surface area contributed by atoms with Crippen LogP contribution in [0.2, 0.25) is 0 Å². The molecule has 39 heavy (non-hydrogen) atoms. The highest BCUT2D eigenvalue weighted by atomic mass is 19.1. The Hall–Kier alpha value is -4.59. The van der Waals surface area contributed by atoms with Crippen molar-refractivity contribution in [3.05, 3.63) is 129 Å². The number of para-hydroxylation sites is 1. The number of amides is 2. The normalized spacial score (nSPS) is 15.8. The third-order valence-corrected chi connectivity index (χ3v) is 7.87. The number of piperidine rings is 1. The fourth-order valence-corrected chi connectivity index (χ4v) is 5.84. The monoisotopic (exact) mass is 522 g/mol. The number of rotatable bonds is 4. The lowest BCUT2D eigenvalue weighted by molar-refractivity contribution is 0.0670. The quantitative estimate of drug-likeness (QED) is 0.432. The number of likely N-dealkylation sites (tertiary alicyclic amines) is 1. The molecule has 2 aliphatic heterocycles. The molecule has 0 radical (unpaired) electrons. The zero-order valence-electron chi connectivity index (χ0n) is 21.3. The van der Waals surface area contributed by atoms with E-state index in [2.05, 4.69) is 16.0 Å². The first-order chi connectivity index (χ1) is 18.9. The molecule has 1 aromatic heterocycles. The maximum atomic E-state index is 13.5. The Morgan fingerprint density at radius 2 is 1.67 bits per heavy atom. The second kappa shape index (κ2) is 9.94. The first kappa shape index (κ1) is 24.7. The van der Waals surface area contributed by atoms with Crippen LogP contribution >= 0.6 is 0 Å². The van der Waals surface area contributed by atoms with Gasteiger partial charge in [-0.2, -0.15) is 0 Å². The molecule has 0 bridgehead atoms. The molecule has 3 heterocycles. The molecule has 0 aliphatic carbocycles. The Morgan fingerprint density at radius 1 is 0.897 bits per heavy atom. The predicted molar refractivity (Wildman–Crippen MR) is 145 cm³/mol. The van der Waals surface area contributed by atoms with Gasteiger partial charge in [-0.05, 0) is 66.3 Å². The number of H-pyrrole nitrogens is 1. The van der Waals surface area contributed by atoms with Gasteiger partial charge in [0.15, 0.2) is 0 Å². The molecule has 1 fully saturated rings. The first-order valence-corrected chi connectivity index (χ1v) is 13.0. The Bertz CT molecular complexity index is 1610. The van der Waals surface area contributed by atoms with E-state index >= 15 is 0 Å². The van der Waals surface area contributed by atoms with E-state index < -0.39 is 0 Å². The van der Waals surface area contributed by atoms with Gasteiger partial charge in [-0.3, -0.25) is 14.4 Å². The molecule has 3 aromatic carbocycles. The molecule has 2 aliphatic rings. The van der Waals surface area contributed by atoms with Crippen LogP contribution < -0.4 is 10.5 Å². The van der Waals surface area contributed by atoms with Gasteiger partial charge in [0.25, 0.3) is 17.4 Å². The Balaban J connectivity index is 1.18. The van der Waals surface area contributed by atoms with E-state index in [1.54, 1.807) is 17.0 Å². The van der Waals surface area contributed by atoms with Crippen molar-refractivity contribution in [2.45, 2.75) is 24.7 Å². The van der Waals surface area contributed by atoms with Crippen LogP contribution in [0.3, 0.4) is 0 Å². The molecule has 1 spiro atoms. The summed E-state index contributed by atoms with van der Waals surface area (Å²) in [7, 11) is 0. The average Bonchev–Trinajstić information content (AvgIpc) is 3.28. The number of benzene rings is 3. The zero-order valence-corrected chi connectivity index (χ0v) is 21.3. The number of fused-ring (bicyclic) bond motifs is 2. The van der Waals surface area contributed by atoms with Gasteiger partial charge >= 0.3 is 0 Å². The summed E-state index contributed by atoms with van der Waals surface area (Å²) in [5.41, 5.74) is 4.00. The van der Waals surface area contributed by atoms with Crippen LogP contribution in [-0.2, 0) is 11.8 Å². The molecule has 1 saturated heterocycles. The summed E-state index contributed by atoms with van der Waals surface area (Å²) in [6.45, 7) is 1.62. The SMILES string of the molecule is O=C(c1cccc(Cc2ccc(F)cc2)c1)N1CCC2(CC1)CN(C(=O)c1cc(=O)[nH]cn1)c1ccccc12. The number of hydrogen-bond donors (Lipinski definition) is 1. The van der Waals surface area contributed by atoms with Gasteiger partial charge in [0.05, 0.1) is 6.33 Å². The number of nitrogens with zero attached hydrogens (tertiary/aromatic N) is 3. The fraction of sp³-hybridized carbons (Fsp3) is 0.226. The minimum atomic E-state index is -0.371. The summed E-state index contributed by atoms with van der Waals surface area (Å²) < 4.78 is 13.3. The van der Waals surface area contributed by atoms with E-state index in [1.165, 1.54) is 24.5 Å². The number of carbonyl (C=O) groups is 2. The van der Waals surface area contributed by atoms with Crippen molar-refractivity contribution in [1.82, 2.24) is 14.9 Å². The molecule has 7 nitrogen and oxygen atoms in total. The van der Waals surface area contributed by atoms with Crippen LogP contribution in [0.4, 0.5) is 10.1 Å². The van der Waals surface area contributed by atoms with Crippen molar-refractivity contribution in [2.24, 2.45) is 0 Å². The molecule has 0 atom stereocenters. The lowest BCUT2D eigenvalue weighted by Gasteiger charge is -2.40. The third kappa shape index (κ3) is 4.74. The van der Waals surface area contributed by atoms with E-state index in [0.29, 0.717) is 31.6 Å². The van der Waals surface area contributed by atoms with Crippen molar-refractivity contribution >= 4 is 17.5 Å². The van der Waals surface area contributed by atoms with Gasteiger partial charge in [-0.25, -0.2) is 9.37 Å². The van der Waals surface area contributed by atoms with E-state index in [-0.39, 0.29) is 34.3 Å². The first-order valence-electron chi connectivity index (χ1n) is 13.0. The molecule has 0 saturated carbocycles. The van der Waals surface area contributed by atoms with Gasteiger partial charge in [0, 0.05) is 42.4 Å². The second-order valence-electron chi connectivity index (χ2n) is 10.3. The van der Waals surface area contributed by atoms with Gasteiger partial charge in [-0.15, -0.1) is 0 Å². The van der Waals surface area contributed by atoms with Crippen molar-refractivity contribution in [2.75, 3.05) is 24.5 Å². The molecular weight excluding hydrogens is 495 g/mol. The molecular formula is C31H27FN4O3. The Kier molecular flexibility index (Phi) is 6.30. The van der Waals surface area contributed by atoms with Crippen LogP contribution in [0.25, 0.3) is 0 Å². The van der Waals surface area contributed by atoms with Crippen LogP contribution in [0.5, 0.6) is 0 Å². The molecule has 196 valence electrons. The van der Waals surface area contributed by atoms with Crippen molar-refractivity contribution in [1.29, 1.82) is 0 Å². The van der Waals surface area contributed by atoms with Crippen LogP contribution in [0.15, 0.2) is 90.0 Å². The number of nitrogens with one attached hydrogen (secondary N) is 1. The predicted octanol–water partition coefficient (Wildman–Crippen LogP) is 4.33. The van der Waals surface area contributed by atoms with Gasteiger partial charge in [-0.1, -0.05) is 42.5 Å². The van der Waals surface area contributed by atoms with Crippen LogP contribution in [0, 0.1) is 5.82 Å². The molecule has 8 heteroatoms. The van der Waals surface area contributed by atoms with Crippen LogP contribution in [-0.4, -0.2) is 46.3 Å². The van der Waals surface area contributed by atoms with E-state index in [1.807, 2.05) is 47.4 Å². The standard InChI is InChI=1S/C31H27FN4O3/c32-24-10-8-21(9-11-24)16-22-4-3-5-23(17-22)29(38)35-14-12-31(13-15-35)19-36(27-7-2-1-6-25(27)31)30(39)26-18-28(37)34-20-33-26/h1-11,17-18,20H,12-16,19H2,(H,33,34,37). The van der Waals surface area contributed by atoms with E-state index in [9.17, 15) is 18.8 Å². The summed E-state index contributed by atoms with van der Waals surface area (Å²) in [4.78, 5) is 48.7. The molecule has 2 amide bonds. The molecule has 0 unspecified atom stereocenters. The minimum Gasteiger partial charge on any atom is -0.339 e. The van der Waals surface area contributed by atoms with Crippen LogP contribution in [0.1, 0.15) is 50.4 Å². The van der Waals surface area contributed by atoms with E-state index in [4.69, 9.17) is 0 Å². The maximum absolute atomic E-state index is 13.5. The molecule has 6 rings (SSSR count). The molecule has 1 N–H and O–H groups in total. The summed E-state index contributed by atoms with van der Waals surface area (Å²) in [5, 5.41) is 0. The summed E-state index contributed by atoms with van der Waals surface area (Å²) in [6.07, 6.45) is 3.30. The number of aromatic nitrogens is 2. The Labute approximate surface area is 224 Å². The average molecular weight is 523 g/mol. The highest BCUT2D eigenvalue weighted by Crippen LogP contribution is 2.47. The molecule has 4 aromatic rings. The van der Waals surface area contributed by atoms with E-state index in [0.717, 1.165) is 35.2 Å². The number of aromatic amines is 1. The number of halogens is 1. The minimum absolute atomic E-state index is 0.0160. The summed E-state index contributed by atoms with van der Waals surface area (Å²) in [5.74, 6) is -0.588. The van der Waals surface area contributed by atoms with Crippen molar-refractivity contribution in [3.8, 4) is 0 Å². The van der Waals surface area contributed by atoms with Gasteiger partial charge < -0.3 is 14.8 Å². The summed E-state index contributed by atoms with van der Waals surface area (Å²) >= 11 is 0. The zero-order chi connectivity index (χ0) is 27.0. The number of anilines is 1. The lowest BCUT2D eigenvalue weighted by atomic mass is 9.74. The number of carbonyl (C=O) groups excluding carboxylic acids is 2. The van der Waals surface area contributed by atoms with Crippen molar-refractivity contribution < 1.29 is 14.0 Å². The fourth-order valence-electron chi connectivity index (χ4n) is 5.84. The van der Waals surface area contributed by atoms with Crippen molar-refractivity contribution in [3.63, 3.8) is 0 Å². The van der Waals surface area contributed by atoms with Gasteiger partial charge in [0.2, 0.25) is 0 Å². The topological polar surface area (TPSA) is 86.4 Å². The maximum Gasteiger partial charge on any atom is 0.277 e. The largest absolute Gasteiger partial charge is 0.339 e. The smallest absolute Gasteiger partial charge is 0.277 e.